The number of rotatable bonds is 7. The van der Waals surface area contributed by atoms with E-state index in [0.717, 1.165) is 24.3 Å². The van der Waals surface area contributed by atoms with Crippen LogP contribution in [0.15, 0.2) is 67.5 Å². The third-order valence-corrected chi connectivity index (χ3v) is 5.32. The maximum atomic E-state index is 10.8. The van der Waals surface area contributed by atoms with Gasteiger partial charge in [-0.25, -0.2) is 9.97 Å². The van der Waals surface area contributed by atoms with Gasteiger partial charge in [0.2, 0.25) is 5.88 Å². The number of aromatic hydroxyl groups is 1. The molecule has 5 rings (SSSR count). The van der Waals surface area contributed by atoms with E-state index in [1.165, 1.54) is 0 Å². The molecular formula is C23H22N6O3. The molecular weight excluding hydrogens is 408 g/mol. The Morgan fingerprint density at radius 3 is 2.62 bits per heavy atom. The summed E-state index contributed by atoms with van der Waals surface area (Å²) in [5.74, 6) is 1.06. The largest absolute Gasteiger partial charge is 0.494 e. The van der Waals surface area contributed by atoms with Gasteiger partial charge in [0.15, 0.2) is 5.75 Å². The number of aryl methyl sites for hydroxylation is 2. The number of fused-ring (bicyclic) bond motifs is 1. The number of hydrogen-bond donors (Lipinski definition) is 1. The zero-order chi connectivity index (χ0) is 22.1. The molecule has 0 saturated carbocycles. The van der Waals surface area contributed by atoms with Crippen LogP contribution in [0, 0.1) is 0 Å². The molecule has 0 spiro atoms. The fraction of sp³-hybridized carbons (Fsp3) is 0.174. The first-order valence-corrected chi connectivity index (χ1v) is 10.1. The predicted octanol–water partition coefficient (Wildman–Crippen LogP) is 3.51. The van der Waals surface area contributed by atoms with Gasteiger partial charge in [-0.1, -0.05) is 0 Å². The molecule has 5 aromatic heterocycles. The topological polar surface area (TPSA) is 92.2 Å². The van der Waals surface area contributed by atoms with Crippen LogP contribution in [0.2, 0.25) is 0 Å². The maximum Gasteiger partial charge on any atom is 0.256 e. The SMILES string of the molecule is COc1cc(-c2ccc3c(O)n(-c4cnn(CCn5cccc5)c4)cc3n2)cnc1OC. The van der Waals surface area contributed by atoms with Gasteiger partial charge in [-0.15, -0.1) is 0 Å². The molecule has 1 N–H and O–H groups in total. The summed E-state index contributed by atoms with van der Waals surface area (Å²) in [6, 6.07) is 9.51. The molecule has 0 amide bonds. The lowest BCUT2D eigenvalue weighted by atomic mass is 10.1. The van der Waals surface area contributed by atoms with Crippen molar-refractivity contribution in [1.29, 1.82) is 0 Å². The summed E-state index contributed by atoms with van der Waals surface area (Å²) < 4.78 is 16.2. The molecule has 0 aliphatic heterocycles. The van der Waals surface area contributed by atoms with Gasteiger partial charge in [0.25, 0.3) is 5.88 Å². The molecule has 32 heavy (non-hydrogen) atoms. The molecule has 9 nitrogen and oxygen atoms in total. The second-order valence-electron chi connectivity index (χ2n) is 7.27. The monoisotopic (exact) mass is 430 g/mol. The molecule has 9 heteroatoms. The number of pyridine rings is 2. The van der Waals surface area contributed by atoms with Crippen LogP contribution in [0.3, 0.4) is 0 Å². The molecule has 5 heterocycles. The van der Waals surface area contributed by atoms with E-state index in [2.05, 4.69) is 14.6 Å². The van der Waals surface area contributed by atoms with Crippen molar-refractivity contribution in [3.8, 4) is 34.5 Å². The smallest absolute Gasteiger partial charge is 0.256 e. The van der Waals surface area contributed by atoms with Gasteiger partial charge in [-0.2, -0.15) is 5.10 Å². The Kier molecular flexibility index (Phi) is 4.98. The third kappa shape index (κ3) is 3.53. The molecule has 5 aromatic rings. The molecule has 162 valence electrons. The van der Waals surface area contributed by atoms with E-state index in [0.29, 0.717) is 28.2 Å². The molecule has 0 atom stereocenters. The Hall–Kier alpha value is -4.27. The van der Waals surface area contributed by atoms with Crippen molar-refractivity contribution in [2.24, 2.45) is 0 Å². The Morgan fingerprint density at radius 1 is 1.00 bits per heavy atom. The van der Waals surface area contributed by atoms with Crippen LogP contribution in [-0.4, -0.2) is 48.2 Å². The van der Waals surface area contributed by atoms with E-state index in [-0.39, 0.29) is 5.88 Å². The first-order chi connectivity index (χ1) is 15.7. The van der Waals surface area contributed by atoms with Crippen molar-refractivity contribution >= 4 is 10.9 Å². The minimum atomic E-state index is 0.120. The van der Waals surface area contributed by atoms with E-state index < -0.39 is 0 Å². The lowest BCUT2D eigenvalue weighted by molar-refractivity contribution is 0.343. The van der Waals surface area contributed by atoms with Crippen molar-refractivity contribution < 1.29 is 14.6 Å². The zero-order valence-electron chi connectivity index (χ0n) is 17.7. The Morgan fingerprint density at radius 2 is 1.84 bits per heavy atom. The highest BCUT2D eigenvalue weighted by Crippen LogP contribution is 2.33. The van der Waals surface area contributed by atoms with E-state index in [1.807, 2.05) is 53.6 Å². The molecule has 0 saturated heterocycles. The quantitative estimate of drug-likeness (QED) is 0.425. The maximum absolute atomic E-state index is 10.8. The van der Waals surface area contributed by atoms with E-state index in [1.54, 1.807) is 37.4 Å². The van der Waals surface area contributed by atoms with Gasteiger partial charge in [-0.3, -0.25) is 9.25 Å². The van der Waals surface area contributed by atoms with Crippen molar-refractivity contribution in [2.45, 2.75) is 13.1 Å². The Bertz CT molecular complexity index is 1370. The van der Waals surface area contributed by atoms with Crippen LogP contribution in [0.25, 0.3) is 27.8 Å². The average Bonchev–Trinajstić information content (AvgIpc) is 3.57. The lowest BCUT2D eigenvalue weighted by Gasteiger charge is -2.08. The van der Waals surface area contributed by atoms with Gasteiger partial charge in [0.05, 0.1) is 49.2 Å². The molecule has 0 aliphatic rings. The van der Waals surface area contributed by atoms with E-state index in [9.17, 15) is 5.11 Å². The number of aromatic nitrogens is 6. The van der Waals surface area contributed by atoms with Gasteiger partial charge < -0.3 is 19.1 Å². The van der Waals surface area contributed by atoms with Gasteiger partial charge in [0, 0.05) is 43.1 Å². The zero-order valence-corrected chi connectivity index (χ0v) is 17.7. The summed E-state index contributed by atoms with van der Waals surface area (Å²) in [6.07, 6.45) is 11.2. The van der Waals surface area contributed by atoms with Crippen molar-refractivity contribution in [1.82, 2.24) is 28.9 Å². The average molecular weight is 430 g/mol. The highest BCUT2D eigenvalue weighted by molar-refractivity contribution is 5.87. The van der Waals surface area contributed by atoms with Crippen LogP contribution in [-0.2, 0) is 13.1 Å². The molecule has 0 fully saturated rings. The second kappa shape index (κ2) is 8.10. The van der Waals surface area contributed by atoms with Gasteiger partial charge in [0.1, 0.15) is 0 Å². The van der Waals surface area contributed by atoms with Crippen molar-refractivity contribution in [3.05, 3.63) is 67.5 Å². The summed E-state index contributed by atoms with van der Waals surface area (Å²) in [7, 11) is 3.11. The van der Waals surface area contributed by atoms with Crippen LogP contribution in [0.1, 0.15) is 0 Å². The van der Waals surface area contributed by atoms with Gasteiger partial charge in [-0.05, 0) is 30.3 Å². The van der Waals surface area contributed by atoms with Crippen LogP contribution in [0.4, 0.5) is 0 Å². The standard InChI is InChI=1S/C23H22N6O3/c1-31-21-11-16(12-24-22(21)32-2)19-6-5-18-20(26-19)15-29(23(18)30)17-13-25-28(14-17)10-9-27-7-3-4-8-27/h3-8,11-15,30H,9-10H2,1-2H3. The second-order valence-corrected chi connectivity index (χ2v) is 7.27. The van der Waals surface area contributed by atoms with Crippen LogP contribution < -0.4 is 9.47 Å². The van der Waals surface area contributed by atoms with Gasteiger partial charge >= 0.3 is 0 Å². The number of nitrogens with zero attached hydrogens (tertiary/aromatic N) is 6. The van der Waals surface area contributed by atoms with Crippen LogP contribution >= 0.6 is 0 Å². The molecule has 0 unspecified atom stereocenters. The minimum Gasteiger partial charge on any atom is -0.494 e. The van der Waals surface area contributed by atoms with Crippen LogP contribution in [0.5, 0.6) is 17.5 Å². The van der Waals surface area contributed by atoms with Crippen molar-refractivity contribution in [3.63, 3.8) is 0 Å². The molecule has 0 radical (unpaired) electrons. The Labute approximate surface area is 184 Å². The lowest BCUT2D eigenvalue weighted by Crippen LogP contribution is -2.05. The third-order valence-electron chi connectivity index (χ3n) is 5.32. The first kappa shape index (κ1) is 19.7. The molecule has 0 aromatic carbocycles. The fourth-order valence-corrected chi connectivity index (χ4v) is 3.64. The summed E-state index contributed by atoms with van der Waals surface area (Å²) in [5, 5.41) is 15.9. The highest BCUT2D eigenvalue weighted by Gasteiger charge is 2.15. The summed E-state index contributed by atoms with van der Waals surface area (Å²) >= 11 is 0. The highest BCUT2D eigenvalue weighted by atomic mass is 16.5. The Balaban J connectivity index is 1.44. The molecule has 0 bridgehead atoms. The number of ether oxygens (including phenoxy) is 2. The summed E-state index contributed by atoms with van der Waals surface area (Å²) in [6.45, 7) is 1.54. The van der Waals surface area contributed by atoms with E-state index in [4.69, 9.17) is 14.5 Å². The molecule has 0 aliphatic carbocycles. The summed E-state index contributed by atoms with van der Waals surface area (Å²) in [4.78, 5) is 8.99. The normalized spacial score (nSPS) is 11.2. The fourth-order valence-electron chi connectivity index (χ4n) is 3.64. The first-order valence-electron chi connectivity index (χ1n) is 10.1. The van der Waals surface area contributed by atoms with E-state index >= 15 is 0 Å². The van der Waals surface area contributed by atoms with Crippen molar-refractivity contribution in [2.75, 3.05) is 14.2 Å². The number of hydrogen-bond acceptors (Lipinski definition) is 6. The summed E-state index contributed by atoms with van der Waals surface area (Å²) in [5.41, 5.74) is 2.93. The number of methoxy groups -OCH3 is 2. The predicted molar refractivity (Wildman–Crippen MR) is 119 cm³/mol. The minimum absolute atomic E-state index is 0.120.